The molecular formula is C15H17KN2O7S3. The quantitative estimate of drug-likeness (QED) is 0.210. The Kier molecular flexibility index (Phi) is 13.2. The molecule has 1 aliphatic heterocycles. The SMILES string of the molecule is O=C([O-])C1=C(C(=O)NC(CO)[C@@H](O)c2ccc([N+](=O)[O-])cc2)SCCS1.S.[K+]. The number of hydrogen-bond acceptors (Lipinski definition) is 9. The fourth-order valence-electron chi connectivity index (χ4n) is 2.22. The van der Waals surface area contributed by atoms with Gasteiger partial charge in [-0.3, -0.25) is 14.9 Å². The van der Waals surface area contributed by atoms with Gasteiger partial charge in [0.2, 0.25) is 0 Å². The number of carboxylic acid groups (broad SMARTS) is 1. The molecule has 1 aliphatic rings. The molecule has 0 aromatic heterocycles. The van der Waals surface area contributed by atoms with Crippen LogP contribution >= 0.6 is 37.0 Å². The second kappa shape index (κ2) is 13.3. The number of nitro groups is 1. The van der Waals surface area contributed by atoms with Crippen LogP contribution < -0.4 is 61.8 Å². The fraction of sp³-hybridized carbons (Fsp3) is 0.333. The van der Waals surface area contributed by atoms with Crippen LogP contribution in [0.1, 0.15) is 11.7 Å². The number of benzene rings is 1. The summed E-state index contributed by atoms with van der Waals surface area (Å²) in [6, 6.07) is 3.90. The van der Waals surface area contributed by atoms with Crippen LogP contribution in [0.4, 0.5) is 5.69 Å². The van der Waals surface area contributed by atoms with Crippen molar-refractivity contribution in [3.8, 4) is 0 Å². The normalized spacial score (nSPS) is 15.5. The van der Waals surface area contributed by atoms with Gasteiger partial charge in [-0.05, 0) is 17.7 Å². The fourth-order valence-corrected chi connectivity index (χ4v) is 4.40. The average Bonchev–Trinajstić information content (AvgIpc) is 2.65. The van der Waals surface area contributed by atoms with Crippen molar-refractivity contribution in [2.24, 2.45) is 0 Å². The van der Waals surface area contributed by atoms with Crippen LogP contribution in [0.2, 0.25) is 0 Å². The molecule has 1 aromatic carbocycles. The summed E-state index contributed by atoms with van der Waals surface area (Å²) in [4.78, 5) is 33.3. The zero-order valence-corrected chi connectivity index (χ0v) is 20.5. The standard InChI is InChI=1S/C15H16N2O7S2.K.H2S/c18-7-10(11(19)8-1-3-9(4-2-8)17(23)24)16-14(20)12-13(15(21)22)26-6-5-25-12;;/h1-4,10-11,18-19H,5-7H2,(H,16,20)(H,21,22);;1H2/q;+1;/p-1/t10?,11-;;/m0../s1. The molecule has 0 radical (unpaired) electrons. The van der Waals surface area contributed by atoms with Crippen molar-refractivity contribution in [3.63, 3.8) is 0 Å². The molecule has 13 heteroatoms. The Hall–Kier alpha value is -0.0936. The zero-order valence-electron chi connectivity index (χ0n) is 14.8. The van der Waals surface area contributed by atoms with Crippen LogP contribution in [0, 0.1) is 10.1 Å². The third kappa shape index (κ3) is 7.30. The minimum atomic E-state index is -1.45. The molecule has 2 atom stereocenters. The first-order chi connectivity index (χ1) is 12.3. The number of nitrogens with zero attached hydrogens (tertiary/aromatic N) is 1. The van der Waals surface area contributed by atoms with E-state index in [9.17, 15) is 35.0 Å². The first kappa shape index (κ1) is 27.9. The van der Waals surface area contributed by atoms with Gasteiger partial charge in [0.05, 0.1) is 28.4 Å². The maximum atomic E-state index is 12.4. The molecule has 28 heavy (non-hydrogen) atoms. The van der Waals surface area contributed by atoms with Gasteiger partial charge in [-0.25, -0.2) is 0 Å². The smallest absolute Gasteiger partial charge is 0.544 e. The molecule has 0 spiro atoms. The molecule has 0 fully saturated rings. The summed E-state index contributed by atoms with van der Waals surface area (Å²) in [5.74, 6) is -1.12. The van der Waals surface area contributed by atoms with Crippen LogP contribution in [0.25, 0.3) is 0 Å². The number of aliphatic hydroxyl groups excluding tert-OH is 2. The summed E-state index contributed by atoms with van der Waals surface area (Å²) in [5, 5.41) is 44.0. The van der Waals surface area contributed by atoms with Gasteiger partial charge in [0, 0.05) is 28.5 Å². The summed E-state index contributed by atoms with van der Waals surface area (Å²) in [6.45, 7) is -0.615. The number of rotatable bonds is 7. The number of aliphatic carboxylic acids is 1. The van der Waals surface area contributed by atoms with Crippen molar-refractivity contribution < 1.29 is 81.2 Å². The molecule has 0 bridgehead atoms. The second-order valence-corrected chi connectivity index (χ2v) is 7.41. The number of amides is 1. The molecule has 2 rings (SSSR count). The van der Waals surface area contributed by atoms with E-state index in [0.717, 1.165) is 23.5 Å². The van der Waals surface area contributed by atoms with Gasteiger partial charge in [-0.1, -0.05) is 0 Å². The van der Waals surface area contributed by atoms with Crippen molar-refractivity contribution in [3.05, 3.63) is 49.8 Å². The van der Waals surface area contributed by atoms with E-state index >= 15 is 0 Å². The van der Waals surface area contributed by atoms with Crippen LogP contribution in [-0.4, -0.2) is 51.2 Å². The summed E-state index contributed by atoms with van der Waals surface area (Å²) in [6.07, 6.45) is -1.34. The zero-order chi connectivity index (χ0) is 19.3. The van der Waals surface area contributed by atoms with Crippen LogP contribution in [-0.2, 0) is 9.59 Å². The summed E-state index contributed by atoms with van der Waals surface area (Å²) in [7, 11) is 0. The van der Waals surface area contributed by atoms with Crippen molar-refractivity contribution in [1.82, 2.24) is 5.32 Å². The first-order valence-electron chi connectivity index (χ1n) is 7.40. The number of non-ortho nitro benzene ring substituents is 1. The van der Waals surface area contributed by atoms with Gasteiger partial charge in [-0.15, -0.1) is 23.5 Å². The van der Waals surface area contributed by atoms with E-state index in [2.05, 4.69) is 5.32 Å². The van der Waals surface area contributed by atoms with Crippen molar-refractivity contribution in [2.45, 2.75) is 12.1 Å². The number of carbonyl (C=O) groups is 2. The number of nitro benzene ring substituents is 1. The topological polar surface area (TPSA) is 153 Å². The largest absolute Gasteiger partial charge is 1.00 e. The number of carboxylic acids is 1. The maximum absolute atomic E-state index is 12.4. The molecule has 3 N–H and O–H groups in total. The van der Waals surface area contributed by atoms with Crippen molar-refractivity contribution >= 4 is 54.6 Å². The molecular weight excluding hydrogens is 455 g/mol. The Morgan fingerprint density at radius 1 is 1.18 bits per heavy atom. The van der Waals surface area contributed by atoms with Gasteiger partial charge >= 0.3 is 51.4 Å². The van der Waals surface area contributed by atoms with Crippen molar-refractivity contribution in [1.29, 1.82) is 0 Å². The Morgan fingerprint density at radius 3 is 2.18 bits per heavy atom. The average molecular weight is 473 g/mol. The number of hydrogen-bond donors (Lipinski definition) is 3. The van der Waals surface area contributed by atoms with Gasteiger partial charge in [0.25, 0.3) is 11.6 Å². The van der Waals surface area contributed by atoms with Gasteiger partial charge in [0.15, 0.2) is 0 Å². The molecule has 1 unspecified atom stereocenters. The Balaban J connectivity index is 0.00000364. The summed E-state index contributed by atoms with van der Waals surface area (Å²) >= 11 is 2.06. The van der Waals surface area contributed by atoms with Crippen LogP contribution in [0.5, 0.6) is 0 Å². The number of aliphatic hydroxyl groups is 2. The van der Waals surface area contributed by atoms with Crippen LogP contribution in [0.15, 0.2) is 34.1 Å². The number of thioether (sulfide) groups is 2. The summed E-state index contributed by atoms with van der Waals surface area (Å²) < 4.78 is 0. The minimum Gasteiger partial charge on any atom is -0.544 e. The summed E-state index contributed by atoms with van der Waals surface area (Å²) in [5.41, 5.74) is 0.0969. The third-order valence-electron chi connectivity index (χ3n) is 3.51. The van der Waals surface area contributed by atoms with E-state index in [4.69, 9.17) is 0 Å². The predicted octanol–water partition coefficient (Wildman–Crippen LogP) is -3.34. The molecule has 0 saturated heterocycles. The monoisotopic (exact) mass is 472 g/mol. The van der Waals surface area contributed by atoms with E-state index in [1.54, 1.807) is 0 Å². The van der Waals surface area contributed by atoms with Gasteiger partial charge in [0.1, 0.15) is 6.10 Å². The first-order valence-corrected chi connectivity index (χ1v) is 9.37. The van der Waals surface area contributed by atoms with E-state index in [1.807, 2.05) is 0 Å². The van der Waals surface area contributed by atoms with E-state index in [-0.39, 0.29) is 85.9 Å². The number of carbonyl (C=O) groups excluding carboxylic acids is 2. The van der Waals surface area contributed by atoms with Crippen molar-refractivity contribution in [2.75, 3.05) is 18.1 Å². The van der Waals surface area contributed by atoms with E-state index in [1.165, 1.54) is 24.3 Å². The molecule has 148 valence electrons. The minimum absolute atomic E-state index is 0. The Labute approximate surface area is 218 Å². The molecule has 1 aromatic rings. The predicted molar refractivity (Wildman–Crippen MR) is 104 cm³/mol. The molecule has 0 saturated carbocycles. The van der Waals surface area contributed by atoms with E-state index < -0.39 is 35.6 Å². The van der Waals surface area contributed by atoms with Crippen LogP contribution in [0.3, 0.4) is 0 Å². The van der Waals surface area contributed by atoms with E-state index in [0.29, 0.717) is 11.5 Å². The molecule has 1 heterocycles. The maximum Gasteiger partial charge on any atom is 1.00 e. The Bertz CT molecular complexity index is 746. The second-order valence-electron chi connectivity index (χ2n) is 5.20. The van der Waals surface area contributed by atoms with Gasteiger partial charge in [-0.2, -0.15) is 13.5 Å². The Morgan fingerprint density at radius 2 is 1.71 bits per heavy atom. The molecule has 1 amide bonds. The third-order valence-corrected chi connectivity index (χ3v) is 6.06. The molecule has 9 nitrogen and oxygen atoms in total. The molecule has 0 aliphatic carbocycles. The van der Waals surface area contributed by atoms with Gasteiger partial charge < -0.3 is 25.4 Å². The number of nitrogens with one attached hydrogen (secondary N) is 1.